The Balaban J connectivity index is 1.30. The maximum absolute atomic E-state index is 15.2. The summed E-state index contributed by atoms with van der Waals surface area (Å²) < 4.78 is 32.6. The van der Waals surface area contributed by atoms with Gasteiger partial charge in [-0.05, 0) is 103 Å². The van der Waals surface area contributed by atoms with Gasteiger partial charge in [-0.25, -0.2) is 0 Å². The van der Waals surface area contributed by atoms with Crippen LogP contribution in [0, 0.1) is 23.7 Å². The molecule has 3 aliphatic carbocycles. The molecule has 0 saturated heterocycles. The largest absolute Gasteiger partial charge is 0.459 e. The van der Waals surface area contributed by atoms with E-state index in [2.05, 4.69) is 12.7 Å². The molecule has 0 radical (unpaired) electrons. The van der Waals surface area contributed by atoms with Crippen molar-refractivity contribution in [1.29, 1.82) is 0 Å². The lowest BCUT2D eigenvalue weighted by Crippen LogP contribution is -2.70. The Labute approximate surface area is 370 Å². The first-order valence-electron chi connectivity index (χ1n) is 22.9. The third kappa shape index (κ3) is 9.54. The van der Waals surface area contributed by atoms with Crippen molar-refractivity contribution in [2.75, 3.05) is 33.7 Å². The van der Waals surface area contributed by atoms with Crippen LogP contribution in [0.4, 0.5) is 0 Å². The number of aliphatic hydroxyl groups excluding tert-OH is 2. The van der Waals surface area contributed by atoms with E-state index < -0.39 is 17.7 Å². The smallest absolute Gasteiger partial charge is 0.239 e. The van der Waals surface area contributed by atoms with E-state index in [1.54, 1.807) is 31.4 Å². The fourth-order valence-electron chi connectivity index (χ4n) is 11.0. The summed E-state index contributed by atoms with van der Waals surface area (Å²) in [7, 11) is 1.56. The summed E-state index contributed by atoms with van der Waals surface area (Å²) in [5, 5.41) is 24.7. The lowest BCUT2D eigenvalue weighted by Gasteiger charge is -2.60. The second-order valence-corrected chi connectivity index (χ2v) is 17.6. The number of fused-ring (bicyclic) bond motifs is 3. The van der Waals surface area contributed by atoms with Crippen LogP contribution < -0.4 is 18.9 Å². The topological polar surface area (TPSA) is 146 Å². The van der Waals surface area contributed by atoms with E-state index in [9.17, 15) is 15.0 Å². The monoisotopic (exact) mass is 862 g/mol. The second kappa shape index (κ2) is 20.6. The standard InChI is InChI=1S/C51H62N2O10/c1-3-25-61-51-47(53(48(57)22-18-34-11-4-5-12-34)31-35-17-20-45-46(27-35)60-33-59-45)30-43(52-58-2)41-28-37(14-6-8-23-54)40(16-7-9-24-55)49(50(41)51)42-29-39(19-21-44(42)63-51)62-38-15-10-13-36(26-38)32-56/h3,10,13,15,17,19-21,26-29,32,34,37,40,47,49-50,54-55H,1,4-9,11-12,14,16,18,22-25,30-31,33H2,2H3. The third-order valence-electron chi connectivity index (χ3n) is 13.8. The minimum atomic E-state index is -1.39. The summed E-state index contributed by atoms with van der Waals surface area (Å²) in [5.74, 6) is 1.67. The van der Waals surface area contributed by atoms with Crippen LogP contribution in [0.1, 0.15) is 111 Å². The molecular weight excluding hydrogens is 801 g/mol. The Morgan fingerprint density at radius 3 is 2.49 bits per heavy atom. The molecule has 1 amide bonds. The highest BCUT2D eigenvalue weighted by Crippen LogP contribution is 2.62. The minimum absolute atomic E-state index is 0.0137. The lowest BCUT2D eigenvalue weighted by molar-refractivity contribution is -0.258. The van der Waals surface area contributed by atoms with Gasteiger partial charge in [0.15, 0.2) is 11.5 Å². The highest BCUT2D eigenvalue weighted by Gasteiger charge is 2.65. The predicted octanol–water partition coefficient (Wildman–Crippen LogP) is 9.28. The van der Waals surface area contributed by atoms with Crippen LogP contribution in [0.5, 0.6) is 28.7 Å². The van der Waals surface area contributed by atoms with Gasteiger partial charge in [-0.3, -0.25) is 9.59 Å². The maximum Gasteiger partial charge on any atom is 0.239 e. The van der Waals surface area contributed by atoms with Crippen molar-refractivity contribution in [2.24, 2.45) is 28.8 Å². The highest BCUT2D eigenvalue weighted by atomic mass is 16.7. The molecule has 336 valence electrons. The Morgan fingerprint density at radius 2 is 1.71 bits per heavy atom. The van der Waals surface area contributed by atoms with Crippen LogP contribution in [-0.2, 0) is 20.9 Å². The van der Waals surface area contributed by atoms with E-state index in [0.29, 0.717) is 65.9 Å². The number of carbonyl (C=O) groups is 2. The van der Waals surface area contributed by atoms with Gasteiger partial charge in [-0.15, -0.1) is 6.58 Å². The number of hydrogen-bond donors (Lipinski definition) is 2. The van der Waals surface area contributed by atoms with Crippen LogP contribution in [0.3, 0.4) is 0 Å². The van der Waals surface area contributed by atoms with Crippen LogP contribution >= 0.6 is 0 Å². The molecule has 6 unspecified atom stereocenters. The zero-order valence-electron chi connectivity index (χ0n) is 36.5. The molecule has 0 spiro atoms. The molecule has 3 aromatic rings. The highest BCUT2D eigenvalue weighted by molar-refractivity contribution is 6.03. The average Bonchev–Trinajstić information content (AvgIpc) is 4.01. The van der Waals surface area contributed by atoms with Gasteiger partial charge in [0.05, 0.1) is 18.2 Å². The zero-order chi connectivity index (χ0) is 43.8. The number of aliphatic hydroxyl groups is 2. The summed E-state index contributed by atoms with van der Waals surface area (Å²) in [5.41, 5.74) is 4.05. The van der Waals surface area contributed by atoms with E-state index in [0.717, 1.165) is 73.6 Å². The molecular formula is C51H62N2O10. The number of rotatable bonds is 21. The van der Waals surface area contributed by atoms with Crippen LogP contribution in [0.25, 0.3) is 0 Å². The van der Waals surface area contributed by atoms with Crippen molar-refractivity contribution in [3.63, 3.8) is 0 Å². The molecule has 0 bridgehead atoms. The number of aldehydes is 1. The van der Waals surface area contributed by atoms with Gasteiger partial charge in [0.2, 0.25) is 18.5 Å². The van der Waals surface area contributed by atoms with E-state index in [4.69, 9.17) is 33.7 Å². The van der Waals surface area contributed by atoms with Gasteiger partial charge in [0.1, 0.15) is 36.7 Å². The first-order valence-corrected chi connectivity index (χ1v) is 22.9. The Kier molecular flexibility index (Phi) is 14.5. The van der Waals surface area contributed by atoms with E-state index in [-0.39, 0.29) is 56.8 Å². The normalized spacial score (nSPS) is 25.1. The molecule has 2 saturated carbocycles. The first kappa shape index (κ1) is 44.4. The molecule has 2 heterocycles. The van der Waals surface area contributed by atoms with Gasteiger partial charge >= 0.3 is 0 Å². The lowest BCUT2D eigenvalue weighted by atomic mass is 9.55. The Bertz CT molecular complexity index is 2150. The molecule has 8 rings (SSSR count). The van der Waals surface area contributed by atoms with Crippen molar-refractivity contribution in [3.05, 3.63) is 102 Å². The fourth-order valence-corrected chi connectivity index (χ4v) is 11.0. The molecule has 5 aliphatic rings. The molecule has 2 fully saturated rings. The summed E-state index contributed by atoms with van der Waals surface area (Å²) >= 11 is 0. The Hall–Kier alpha value is -5.17. The van der Waals surface area contributed by atoms with Gasteiger partial charge < -0.3 is 43.6 Å². The van der Waals surface area contributed by atoms with Crippen LogP contribution in [-0.4, -0.2) is 78.6 Å². The van der Waals surface area contributed by atoms with Gasteiger partial charge in [0.25, 0.3) is 0 Å². The number of benzene rings is 3. The minimum Gasteiger partial charge on any atom is -0.459 e. The van der Waals surface area contributed by atoms with Crippen molar-refractivity contribution in [1.82, 2.24) is 4.90 Å². The molecule has 12 heteroatoms. The van der Waals surface area contributed by atoms with E-state index >= 15 is 4.79 Å². The van der Waals surface area contributed by atoms with Crippen molar-refractivity contribution >= 4 is 17.9 Å². The van der Waals surface area contributed by atoms with Gasteiger partial charge in [-0.2, -0.15) is 0 Å². The van der Waals surface area contributed by atoms with E-state index in [1.165, 1.54) is 12.8 Å². The molecule has 2 N–H and O–H groups in total. The van der Waals surface area contributed by atoms with Crippen molar-refractivity contribution < 1.29 is 48.3 Å². The van der Waals surface area contributed by atoms with Gasteiger partial charge in [-0.1, -0.05) is 74.0 Å². The molecule has 2 aliphatic heterocycles. The van der Waals surface area contributed by atoms with Crippen molar-refractivity contribution in [3.8, 4) is 28.7 Å². The Morgan fingerprint density at radius 1 is 0.937 bits per heavy atom. The number of oxime groups is 1. The molecule has 63 heavy (non-hydrogen) atoms. The van der Waals surface area contributed by atoms with Crippen molar-refractivity contribution in [2.45, 2.75) is 108 Å². The fraction of sp³-hybridized carbons (Fsp3) is 0.510. The third-order valence-corrected chi connectivity index (χ3v) is 13.8. The quantitative estimate of drug-likeness (QED) is 0.0460. The summed E-state index contributed by atoms with van der Waals surface area (Å²) in [6.07, 6.45) is 15.6. The van der Waals surface area contributed by atoms with Gasteiger partial charge in [0, 0.05) is 49.6 Å². The summed E-state index contributed by atoms with van der Waals surface area (Å²) in [6.45, 7) is 4.85. The van der Waals surface area contributed by atoms with Crippen LogP contribution in [0.2, 0.25) is 0 Å². The van der Waals surface area contributed by atoms with E-state index in [1.807, 2.05) is 47.4 Å². The molecule has 3 aromatic carbocycles. The second-order valence-electron chi connectivity index (χ2n) is 17.6. The molecule has 12 nitrogen and oxygen atoms in total. The number of allylic oxidation sites excluding steroid dienone is 1. The van der Waals surface area contributed by atoms with Crippen LogP contribution in [0.15, 0.2) is 90.1 Å². The number of hydrogen-bond acceptors (Lipinski definition) is 11. The zero-order valence-corrected chi connectivity index (χ0v) is 36.5. The summed E-state index contributed by atoms with van der Waals surface area (Å²) in [6, 6.07) is 18.1. The molecule has 0 aromatic heterocycles. The number of amides is 1. The molecule has 6 atom stereocenters. The number of carbonyl (C=O) groups excluding carboxylic acids is 2. The number of ether oxygens (including phenoxy) is 5. The first-order chi connectivity index (χ1) is 30.9. The average molecular weight is 863 g/mol. The maximum atomic E-state index is 15.2. The number of unbranched alkanes of at least 4 members (excludes halogenated alkanes) is 2. The number of nitrogens with zero attached hydrogens (tertiary/aromatic N) is 2. The summed E-state index contributed by atoms with van der Waals surface area (Å²) in [4.78, 5) is 34.5. The predicted molar refractivity (Wildman–Crippen MR) is 238 cm³/mol. The SMILES string of the molecule is C=CCOC12Oc3ccc(Oc4cccc(C=O)c4)cc3C3C(CCCCO)C(CCCCO)C=C(C(=NOC)CC1N(Cc1ccc4c(c1)OCO4)C(=O)CCC1CCCC1)C32.